The minimum Gasteiger partial charge on any atom is -0.478 e. The second-order valence-corrected chi connectivity index (χ2v) is 7.41. The smallest absolute Gasteiger partial charge is 0.335 e. The van der Waals surface area contributed by atoms with E-state index in [1.54, 1.807) is 0 Å². The summed E-state index contributed by atoms with van der Waals surface area (Å²) in [6.45, 7) is 0. The highest BCUT2D eigenvalue weighted by Crippen LogP contribution is 2.24. The molecule has 0 bridgehead atoms. The fourth-order valence-corrected chi connectivity index (χ4v) is 3.28. The number of aromatic carboxylic acids is 4. The van der Waals surface area contributed by atoms with Crippen LogP contribution in [-0.2, 0) is 0 Å². The van der Waals surface area contributed by atoms with E-state index in [-0.39, 0.29) is 44.8 Å². The molecular formula is C24H14N4O8. The zero-order valence-electron chi connectivity index (χ0n) is 18.0. The molecule has 0 aliphatic carbocycles. The quantitative estimate of drug-likeness (QED) is 0.298. The molecule has 4 aromatic rings. The number of hydrogen-bond acceptors (Lipinski definition) is 8. The SMILES string of the molecule is O=C(O)c1cc(C(=O)O)cc(-c2cnc(-c3ccc(-c4cc(C(=O)O)cc(C(=O)O)c4)nn3)cn2)c1. The molecule has 0 aliphatic rings. The van der Waals surface area contributed by atoms with Crippen molar-refractivity contribution in [2.75, 3.05) is 0 Å². The summed E-state index contributed by atoms with van der Waals surface area (Å²) in [6.07, 6.45) is 2.67. The Morgan fingerprint density at radius 2 is 0.833 bits per heavy atom. The van der Waals surface area contributed by atoms with Crippen molar-refractivity contribution in [3.8, 4) is 33.9 Å². The molecule has 12 nitrogen and oxygen atoms in total. The molecular weight excluding hydrogens is 472 g/mol. The van der Waals surface area contributed by atoms with E-state index in [0.29, 0.717) is 11.4 Å². The maximum Gasteiger partial charge on any atom is 0.335 e. The molecule has 0 fully saturated rings. The van der Waals surface area contributed by atoms with Gasteiger partial charge in [-0.2, -0.15) is 0 Å². The highest BCUT2D eigenvalue weighted by atomic mass is 16.4. The van der Waals surface area contributed by atoms with Crippen LogP contribution in [0.15, 0.2) is 60.9 Å². The van der Waals surface area contributed by atoms with Crippen LogP contribution in [0.5, 0.6) is 0 Å². The summed E-state index contributed by atoms with van der Waals surface area (Å²) >= 11 is 0. The number of rotatable bonds is 7. The van der Waals surface area contributed by atoms with E-state index in [1.807, 2.05) is 0 Å². The zero-order chi connectivity index (χ0) is 26.0. The average Bonchev–Trinajstić information content (AvgIpc) is 2.88. The largest absolute Gasteiger partial charge is 0.478 e. The van der Waals surface area contributed by atoms with Crippen molar-refractivity contribution in [3.63, 3.8) is 0 Å². The number of hydrogen-bond donors (Lipinski definition) is 4. The van der Waals surface area contributed by atoms with Gasteiger partial charge < -0.3 is 20.4 Å². The lowest BCUT2D eigenvalue weighted by Gasteiger charge is -2.07. The van der Waals surface area contributed by atoms with Crippen LogP contribution in [-0.4, -0.2) is 64.5 Å². The Morgan fingerprint density at radius 3 is 1.19 bits per heavy atom. The summed E-state index contributed by atoms with van der Waals surface area (Å²) in [5, 5.41) is 45.1. The molecule has 0 aliphatic heterocycles. The van der Waals surface area contributed by atoms with Gasteiger partial charge in [0, 0.05) is 11.1 Å². The number of carboxylic acid groups (broad SMARTS) is 4. The highest BCUT2D eigenvalue weighted by molar-refractivity contribution is 5.96. The molecule has 4 rings (SSSR count). The van der Waals surface area contributed by atoms with Gasteiger partial charge in [-0.15, -0.1) is 10.2 Å². The van der Waals surface area contributed by atoms with Crippen LogP contribution in [0.1, 0.15) is 41.4 Å². The zero-order valence-corrected chi connectivity index (χ0v) is 18.0. The molecule has 2 heterocycles. The number of aromatic nitrogens is 4. The topological polar surface area (TPSA) is 201 Å². The van der Waals surface area contributed by atoms with E-state index >= 15 is 0 Å². The summed E-state index contributed by atoms with van der Waals surface area (Å²) in [6, 6.07) is 10.3. The van der Waals surface area contributed by atoms with Crippen LogP contribution in [0.4, 0.5) is 0 Å². The Hall–Kier alpha value is -5.52. The molecule has 178 valence electrons. The van der Waals surface area contributed by atoms with E-state index in [1.165, 1.54) is 48.8 Å². The van der Waals surface area contributed by atoms with E-state index in [9.17, 15) is 39.6 Å². The Morgan fingerprint density at radius 1 is 0.472 bits per heavy atom. The molecule has 36 heavy (non-hydrogen) atoms. The standard InChI is InChI=1S/C24H14N4O8/c29-21(30)13-3-11(4-14(7-13)22(31)32)17-1-2-18(28-27-17)20-10-25-19(9-26-20)12-5-15(23(33)34)8-16(6-12)24(35)36/h1-10H,(H,29,30)(H,31,32)(H,33,34)(H,35,36). The van der Waals surface area contributed by atoms with Crippen molar-refractivity contribution < 1.29 is 39.6 Å². The van der Waals surface area contributed by atoms with Crippen LogP contribution < -0.4 is 0 Å². The van der Waals surface area contributed by atoms with Crippen LogP contribution in [0.3, 0.4) is 0 Å². The number of carbonyl (C=O) groups is 4. The van der Waals surface area contributed by atoms with Crippen LogP contribution in [0.25, 0.3) is 33.9 Å². The lowest BCUT2D eigenvalue weighted by atomic mass is 10.0. The molecule has 2 aromatic carbocycles. The van der Waals surface area contributed by atoms with Crippen molar-refractivity contribution in [1.29, 1.82) is 0 Å². The first-order valence-corrected chi connectivity index (χ1v) is 10.0. The fraction of sp³-hybridized carbons (Fsp3) is 0. The van der Waals surface area contributed by atoms with Crippen LogP contribution >= 0.6 is 0 Å². The van der Waals surface area contributed by atoms with Crippen molar-refractivity contribution >= 4 is 23.9 Å². The lowest BCUT2D eigenvalue weighted by molar-refractivity contribution is 0.0676. The number of benzene rings is 2. The lowest BCUT2D eigenvalue weighted by Crippen LogP contribution is -2.04. The second kappa shape index (κ2) is 9.38. The summed E-state index contributed by atoms with van der Waals surface area (Å²) in [5.41, 5.74) is 0.727. The van der Waals surface area contributed by atoms with Gasteiger partial charge in [0.15, 0.2) is 0 Å². The van der Waals surface area contributed by atoms with Crippen molar-refractivity contribution in [3.05, 3.63) is 83.2 Å². The van der Waals surface area contributed by atoms with E-state index in [2.05, 4.69) is 20.2 Å². The Labute approximate surface area is 201 Å². The third kappa shape index (κ3) is 4.87. The molecule has 0 saturated heterocycles. The predicted octanol–water partition coefficient (Wildman–Crippen LogP) is 3.06. The van der Waals surface area contributed by atoms with Crippen molar-refractivity contribution in [1.82, 2.24) is 20.2 Å². The predicted molar refractivity (Wildman–Crippen MR) is 122 cm³/mol. The summed E-state index contributed by atoms with van der Waals surface area (Å²) in [4.78, 5) is 53.8. The maximum absolute atomic E-state index is 11.3. The molecule has 2 aromatic heterocycles. The van der Waals surface area contributed by atoms with Crippen LogP contribution in [0.2, 0.25) is 0 Å². The van der Waals surface area contributed by atoms with Gasteiger partial charge in [-0.05, 0) is 48.5 Å². The summed E-state index contributed by atoms with van der Waals surface area (Å²) in [7, 11) is 0. The Kier molecular flexibility index (Phi) is 6.16. The molecule has 0 atom stereocenters. The average molecular weight is 486 g/mol. The van der Waals surface area contributed by atoms with Crippen LogP contribution in [0, 0.1) is 0 Å². The Bertz CT molecular complexity index is 1350. The molecule has 0 amide bonds. The van der Waals surface area contributed by atoms with E-state index < -0.39 is 23.9 Å². The van der Waals surface area contributed by atoms with Gasteiger partial charge in [0.1, 0.15) is 11.4 Å². The number of nitrogens with zero attached hydrogens (tertiary/aromatic N) is 4. The van der Waals surface area contributed by atoms with Crippen molar-refractivity contribution in [2.24, 2.45) is 0 Å². The molecule has 0 saturated carbocycles. The van der Waals surface area contributed by atoms with E-state index in [0.717, 1.165) is 12.1 Å². The molecule has 4 N–H and O–H groups in total. The van der Waals surface area contributed by atoms with Gasteiger partial charge in [0.2, 0.25) is 0 Å². The molecule has 0 unspecified atom stereocenters. The first kappa shape index (κ1) is 23.6. The maximum atomic E-state index is 11.3. The van der Waals surface area contributed by atoms with Gasteiger partial charge in [-0.25, -0.2) is 19.2 Å². The third-order valence-electron chi connectivity index (χ3n) is 5.02. The van der Waals surface area contributed by atoms with Gasteiger partial charge >= 0.3 is 23.9 Å². The first-order chi connectivity index (χ1) is 17.1. The highest BCUT2D eigenvalue weighted by Gasteiger charge is 2.15. The first-order valence-electron chi connectivity index (χ1n) is 10.0. The minimum atomic E-state index is -1.29. The molecule has 0 radical (unpaired) electrons. The third-order valence-corrected chi connectivity index (χ3v) is 5.02. The van der Waals surface area contributed by atoms with Gasteiger partial charge in [0.25, 0.3) is 0 Å². The van der Waals surface area contributed by atoms with Gasteiger partial charge in [-0.3, -0.25) is 9.97 Å². The second-order valence-electron chi connectivity index (χ2n) is 7.41. The summed E-state index contributed by atoms with van der Waals surface area (Å²) < 4.78 is 0. The monoisotopic (exact) mass is 486 g/mol. The minimum absolute atomic E-state index is 0.213. The van der Waals surface area contributed by atoms with Gasteiger partial charge in [-0.1, -0.05) is 0 Å². The molecule has 12 heteroatoms. The normalized spacial score (nSPS) is 10.6. The number of carboxylic acids is 4. The Balaban J connectivity index is 1.64. The van der Waals surface area contributed by atoms with Gasteiger partial charge in [0.05, 0.1) is 46.0 Å². The molecule has 0 spiro atoms. The summed E-state index contributed by atoms with van der Waals surface area (Å²) in [5.74, 6) is -5.15. The van der Waals surface area contributed by atoms with Crippen molar-refractivity contribution in [2.45, 2.75) is 0 Å². The van der Waals surface area contributed by atoms with E-state index in [4.69, 9.17) is 0 Å². The fourth-order valence-electron chi connectivity index (χ4n) is 3.28.